The monoisotopic (exact) mass is 354 g/mol. The first-order chi connectivity index (χ1) is 13.3. The second kappa shape index (κ2) is 7.70. The van der Waals surface area contributed by atoms with Gasteiger partial charge in [0.2, 0.25) is 0 Å². The molecule has 0 saturated heterocycles. The van der Waals surface area contributed by atoms with Gasteiger partial charge in [0.05, 0.1) is 11.2 Å². The van der Waals surface area contributed by atoms with Crippen LogP contribution in [-0.2, 0) is 6.61 Å². The van der Waals surface area contributed by atoms with E-state index < -0.39 is 0 Å². The number of benzene rings is 3. The highest BCUT2D eigenvalue weighted by atomic mass is 16.5. The van der Waals surface area contributed by atoms with Crippen molar-refractivity contribution in [2.24, 2.45) is 0 Å². The fourth-order valence-corrected chi connectivity index (χ4v) is 2.87. The Morgan fingerprint density at radius 1 is 0.889 bits per heavy atom. The number of pyridine rings is 1. The molecule has 1 amide bonds. The highest BCUT2D eigenvalue weighted by Crippen LogP contribution is 2.23. The fraction of sp³-hybridized carbons (Fsp3) is 0.0435. The summed E-state index contributed by atoms with van der Waals surface area (Å²) in [5.74, 6) is 0.475. The van der Waals surface area contributed by atoms with Crippen LogP contribution in [0, 0.1) is 0 Å². The second-order valence-electron chi connectivity index (χ2n) is 6.13. The van der Waals surface area contributed by atoms with Crippen LogP contribution in [0.25, 0.3) is 10.9 Å². The number of nitrogens with one attached hydrogen (secondary N) is 1. The Labute approximate surface area is 157 Å². The first-order valence-electron chi connectivity index (χ1n) is 8.71. The summed E-state index contributed by atoms with van der Waals surface area (Å²) in [6.45, 7) is 0.459. The fourth-order valence-electron chi connectivity index (χ4n) is 2.87. The van der Waals surface area contributed by atoms with E-state index in [0.717, 1.165) is 22.2 Å². The van der Waals surface area contributed by atoms with Crippen molar-refractivity contribution >= 4 is 22.5 Å². The van der Waals surface area contributed by atoms with Gasteiger partial charge in [0.25, 0.3) is 5.91 Å². The van der Waals surface area contributed by atoms with E-state index in [9.17, 15) is 4.79 Å². The average molecular weight is 354 g/mol. The van der Waals surface area contributed by atoms with Crippen molar-refractivity contribution in [1.82, 2.24) is 4.98 Å². The minimum Gasteiger partial charge on any atom is -0.489 e. The smallest absolute Gasteiger partial charge is 0.255 e. The van der Waals surface area contributed by atoms with Crippen molar-refractivity contribution in [2.45, 2.75) is 6.61 Å². The number of fused-ring (bicyclic) bond motifs is 1. The van der Waals surface area contributed by atoms with Crippen molar-refractivity contribution in [3.63, 3.8) is 0 Å². The molecule has 0 fully saturated rings. The van der Waals surface area contributed by atoms with Crippen LogP contribution in [-0.4, -0.2) is 10.9 Å². The van der Waals surface area contributed by atoms with E-state index in [2.05, 4.69) is 10.3 Å². The lowest BCUT2D eigenvalue weighted by Crippen LogP contribution is -2.12. The zero-order valence-electron chi connectivity index (χ0n) is 14.6. The standard InChI is InChI=1S/C23H18N2O2/c26-23(25-22-13-5-12-21-20(22)11-6-14-24-21)18-9-4-10-19(15-18)27-16-17-7-2-1-3-8-17/h1-15H,16H2,(H,25,26). The van der Waals surface area contributed by atoms with E-state index in [1.165, 1.54) is 0 Å². The van der Waals surface area contributed by atoms with Gasteiger partial charge in [-0.25, -0.2) is 0 Å². The maximum absolute atomic E-state index is 12.7. The topological polar surface area (TPSA) is 51.2 Å². The maximum atomic E-state index is 12.7. The van der Waals surface area contributed by atoms with Crippen molar-refractivity contribution in [3.8, 4) is 5.75 Å². The van der Waals surface area contributed by atoms with Crippen LogP contribution in [0.3, 0.4) is 0 Å². The Balaban J connectivity index is 1.50. The van der Waals surface area contributed by atoms with Gasteiger partial charge in [-0.3, -0.25) is 9.78 Å². The molecular formula is C23H18N2O2. The molecule has 0 aliphatic heterocycles. The molecule has 0 aliphatic carbocycles. The predicted molar refractivity (Wildman–Crippen MR) is 107 cm³/mol. The number of carbonyl (C=O) groups excluding carboxylic acids is 1. The molecule has 4 nitrogen and oxygen atoms in total. The SMILES string of the molecule is O=C(Nc1cccc2ncccc12)c1cccc(OCc2ccccc2)c1. The average Bonchev–Trinajstić information content (AvgIpc) is 2.73. The van der Waals surface area contributed by atoms with Crippen LogP contribution >= 0.6 is 0 Å². The zero-order chi connectivity index (χ0) is 18.5. The molecule has 0 saturated carbocycles. The molecule has 4 heteroatoms. The van der Waals surface area contributed by atoms with Gasteiger partial charge in [-0.2, -0.15) is 0 Å². The first kappa shape index (κ1) is 16.8. The minimum atomic E-state index is -0.184. The summed E-state index contributed by atoms with van der Waals surface area (Å²) in [5.41, 5.74) is 3.20. The first-order valence-corrected chi connectivity index (χ1v) is 8.71. The lowest BCUT2D eigenvalue weighted by Gasteiger charge is -2.10. The number of hydrogen-bond donors (Lipinski definition) is 1. The molecular weight excluding hydrogens is 336 g/mol. The van der Waals surface area contributed by atoms with Gasteiger partial charge in [-0.1, -0.05) is 42.5 Å². The summed E-state index contributed by atoms with van der Waals surface area (Å²) < 4.78 is 5.81. The third-order valence-electron chi connectivity index (χ3n) is 4.24. The molecule has 27 heavy (non-hydrogen) atoms. The largest absolute Gasteiger partial charge is 0.489 e. The van der Waals surface area contributed by atoms with E-state index in [0.29, 0.717) is 17.9 Å². The Morgan fingerprint density at radius 3 is 2.63 bits per heavy atom. The number of rotatable bonds is 5. The van der Waals surface area contributed by atoms with Gasteiger partial charge in [-0.15, -0.1) is 0 Å². The minimum absolute atomic E-state index is 0.184. The highest BCUT2D eigenvalue weighted by Gasteiger charge is 2.10. The zero-order valence-corrected chi connectivity index (χ0v) is 14.6. The second-order valence-corrected chi connectivity index (χ2v) is 6.13. The summed E-state index contributed by atoms with van der Waals surface area (Å²) in [6, 6.07) is 26.6. The van der Waals surface area contributed by atoms with Gasteiger partial charge in [0.15, 0.2) is 0 Å². The van der Waals surface area contributed by atoms with Gasteiger partial charge in [0.1, 0.15) is 12.4 Å². The Kier molecular flexibility index (Phi) is 4.79. The van der Waals surface area contributed by atoms with Crippen LogP contribution in [0.1, 0.15) is 15.9 Å². The van der Waals surface area contributed by atoms with Gasteiger partial charge in [-0.05, 0) is 48.0 Å². The molecule has 0 unspecified atom stereocenters. The molecule has 0 radical (unpaired) electrons. The summed E-state index contributed by atoms with van der Waals surface area (Å²) >= 11 is 0. The van der Waals surface area contributed by atoms with Crippen molar-refractivity contribution < 1.29 is 9.53 Å². The molecule has 1 aromatic heterocycles. The lowest BCUT2D eigenvalue weighted by molar-refractivity contribution is 0.102. The predicted octanol–water partition coefficient (Wildman–Crippen LogP) is 5.07. The molecule has 1 heterocycles. The normalized spacial score (nSPS) is 10.5. The van der Waals surface area contributed by atoms with Crippen molar-refractivity contribution in [1.29, 1.82) is 0 Å². The van der Waals surface area contributed by atoms with E-state index >= 15 is 0 Å². The molecule has 0 aliphatic rings. The number of carbonyl (C=O) groups is 1. The van der Waals surface area contributed by atoms with E-state index in [4.69, 9.17) is 4.74 Å². The molecule has 4 rings (SSSR count). The molecule has 0 atom stereocenters. The molecule has 3 aromatic carbocycles. The Hall–Kier alpha value is -3.66. The molecule has 4 aromatic rings. The third kappa shape index (κ3) is 3.96. The van der Waals surface area contributed by atoms with Crippen LogP contribution in [0.4, 0.5) is 5.69 Å². The van der Waals surface area contributed by atoms with E-state index in [1.807, 2.05) is 72.8 Å². The Morgan fingerprint density at radius 2 is 1.74 bits per heavy atom. The summed E-state index contributed by atoms with van der Waals surface area (Å²) in [6.07, 6.45) is 1.74. The van der Waals surface area contributed by atoms with E-state index in [-0.39, 0.29) is 5.91 Å². The number of ether oxygens (including phenoxy) is 1. The summed E-state index contributed by atoms with van der Waals surface area (Å²) in [7, 11) is 0. The van der Waals surface area contributed by atoms with Gasteiger partial charge < -0.3 is 10.1 Å². The van der Waals surface area contributed by atoms with Crippen LogP contribution < -0.4 is 10.1 Å². The van der Waals surface area contributed by atoms with Crippen LogP contribution in [0.15, 0.2) is 91.1 Å². The van der Waals surface area contributed by atoms with E-state index in [1.54, 1.807) is 18.3 Å². The highest BCUT2D eigenvalue weighted by molar-refractivity contribution is 6.08. The Bertz CT molecular complexity index is 1070. The molecule has 132 valence electrons. The number of amides is 1. The van der Waals surface area contributed by atoms with Crippen molar-refractivity contribution in [3.05, 3.63) is 102 Å². The number of nitrogens with zero attached hydrogens (tertiary/aromatic N) is 1. The van der Waals surface area contributed by atoms with Crippen LogP contribution in [0.2, 0.25) is 0 Å². The summed E-state index contributed by atoms with van der Waals surface area (Å²) in [5, 5.41) is 3.87. The number of hydrogen-bond acceptors (Lipinski definition) is 3. The molecule has 0 bridgehead atoms. The van der Waals surface area contributed by atoms with Gasteiger partial charge >= 0.3 is 0 Å². The number of anilines is 1. The van der Waals surface area contributed by atoms with Crippen molar-refractivity contribution in [2.75, 3.05) is 5.32 Å². The molecule has 0 spiro atoms. The third-order valence-corrected chi connectivity index (χ3v) is 4.24. The number of aromatic nitrogens is 1. The molecule has 1 N–H and O–H groups in total. The quantitative estimate of drug-likeness (QED) is 0.545. The van der Waals surface area contributed by atoms with Crippen LogP contribution in [0.5, 0.6) is 5.75 Å². The summed E-state index contributed by atoms with van der Waals surface area (Å²) in [4.78, 5) is 17.0. The van der Waals surface area contributed by atoms with Gasteiger partial charge in [0, 0.05) is 17.1 Å². The lowest BCUT2D eigenvalue weighted by atomic mass is 10.1. The maximum Gasteiger partial charge on any atom is 0.255 e.